The van der Waals surface area contributed by atoms with Crippen LogP contribution in [0.5, 0.6) is 0 Å². The van der Waals surface area contributed by atoms with E-state index < -0.39 is 5.97 Å². The van der Waals surface area contributed by atoms with Crippen LogP contribution in [0.4, 0.5) is 0 Å². The third-order valence-corrected chi connectivity index (χ3v) is 3.18. The Bertz CT molecular complexity index is 620. The van der Waals surface area contributed by atoms with Gasteiger partial charge >= 0.3 is 5.97 Å². The maximum absolute atomic E-state index is 11.2. The highest BCUT2D eigenvalue weighted by molar-refractivity contribution is 6.02. The minimum Gasteiger partial charge on any atom is -0.478 e. The van der Waals surface area contributed by atoms with E-state index in [1.54, 1.807) is 0 Å². The number of fused-ring (bicyclic) bond motifs is 1. The molecule has 1 aromatic carbocycles. The summed E-state index contributed by atoms with van der Waals surface area (Å²) in [5.41, 5.74) is 1.84. The van der Waals surface area contributed by atoms with Crippen LogP contribution < -0.4 is 0 Å². The molecule has 2 aromatic rings. The summed E-state index contributed by atoms with van der Waals surface area (Å²) in [6.07, 6.45) is 1.37. The number of ether oxygens (including phenoxy) is 2. The summed E-state index contributed by atoms with van der Waals surface area (Å²) in [5, 5.41) is 9.83. The quantitative estimate of drug-likeness (QED) is 0.893. The Hall–Kier alpha value is -1.98. The van der Waals surface area contributed by atoms with Gasteiger partial charge < -0.3 is 14.6 Å². The Kier molecular flexibility index (Phi) is 3.15. The number of carbonyl (C=O) groups is 1. The van der Waals surface area contributed by atoms with E-state index in [0.29, 0.717) is 30.7 Å². The van der Waals surface area contributed by atoms with Gasteiger partial charge in [-0.05, 0) is 23.8 Å². The van der Waals surface area contributed by atoms with Gasteiger partial charge in [0.05, 0.1) is 30.9 Å². The molecule has 0 saturated carbocycles. The SMILES string of the molecule is O=C(O)c1ccnc2ccc([C@H]3COCCO3)cc12. The van der Waals surface area contributed by atoms with Gasteiger partial charge in [-0.2, -0.15) is 0 Å². The number of benzene rings is 1. The second-order valence-corrected chi connectivity index (χ2v) is 4.37. The highest BCUT2D eigenvalue weighted by Crippen LogP contribution is 2.25. The van der Waals surface area contributed by atoms with Gasteiger partial charge in [-0.3, -0.25) is 4.98 Å². The van der Waals surface area contributed by atoms with E-state index in [1.807, 2.05) is 18.2 Å². The maximum Gasteiger partial charge on any atom is 0.336 e. The van der Waals surface area contributed by atoms with Crippen LogP contribution in [0.15, 0.2) is 30.5 Å². The molecule has 2 heterocycles. The Balaban J connectivity index is 2.08. The molecule has 98 valence electrons. The fourth-order valence-corrected chi connectivity index (χ4v) is 2.23. The monoisotopic (exact) mass is 259 g/mol. The van der Waals surface area contributed by atoms with Gasteiger partial charge in [0.1, 0.15) is 6.10 Å². The van der Waals surface area contributed by atoms with Crippen LogP contribution in [0.3, 0.4) is 0 Å². The van der Waals surface area contributed by atoms with Gasteiger partial charge in [0.25, 0.3) is 0 Å². The molecular weight excluding hydrogens is 246 g/mol. The van der Waals surface area contributed by atoms with Gasteiger partial charge in [0.2, 0.25) is 0 Å². The smallest absolute Gasteiger partial charge is 0.336 e. The summed E-state index contributed by atoms with van der Waals surface area (Å²) in [6.45, 7) is 1.65. The number of aromatic nitrogens is 1. The van der Waals surface area contributed by atoms with Crippen LogP contribution in [0.2, 0.25) is 0 Å². The summed E-state index contributed by atoms with van der Waals surface area (Å²) in [4.78, 5) is 15.4. The summed E-state index contributed by atoms with van der Waals surface area (Å²) < 4.78 is 11.0. The van der Waals surface area contributed by atoms with Gasteiger partial charge in [-0.15, -0.1) is 0 Å². The molecule has 0 bridgehead atoms. The average molecular weight is 259 g/mol. The van der Waals surface area contributed by atoms with Gasteiger partial charge in [-0.25, -0.2) is 4.79 Å². The first kappa shape index (κ1) is 12.1. The molecule has 0 unspecified atom stereocenters. The van der Waals surface area contributed by atoms with E-state index >= 15 is 0 Å². The summed E-state index contributed by atoms with van der Waals surface area (Å²) in [5.74, 6) is -0.953. The summed E-state index contributed by atoms with van der Waals surface area (Å²) >= 11 is 0. The maximum atomic E-state index is 11.2. The molecule has 1 atom stereocenters. The Labute approximate surface area is 109 Å². The van der Waals surface area contributed by atoms with E-state index in [4.69, 9.17) is 9.47 Å². The molecule has 3 rings (SSSR count). The van der Waals surface area contributed by atoms with Crippen molar-refractivity contribution in [3.63, 3.8) is 0 Å². The molecule has 1 N–H and O–H groups in total. The molecule has 1 saturated heterocycles. The molecular formula is C14H13NO4. The number of carboxylic acid groups (broad SMARTS) is 1. The third-order valence-electron chi connectivity index (χ3n) is 3.18. The molecule has 19 heavy (non-hydrogen) atoms. The third kappa shape index (κ3) is 2.30. The number of nitrogens with zero attached hydrogens (tertiary/aromatic N) is 1. The fraction of sp³-hybridized carbons (Fsp3) is 0.286. The number of carboxylic acids is 1. The lowest BCUT2D eigenvalue weighted by Crippen LogP contribution is -2.21. The van der Waals surface area contributed by atoms with E-state index in [-0.39, 0.29) is 11.7 Å². The number of rotatable bonds is 2. The molecule has 5 nitrogen and oxygen atoms in total. The number of hydrogen-bond acceptors (Lipinski definition) is 4. The molecule has 0 amide bonds. The normalized spacial score (nSPS) is 19.5. The molecule has 1 aromatic heterocycles. The molecule has 0 spiro atoms. The van der Waals surface area contributed by atoms with Crippen molar-refractivity contribution in [1.82, 2.24) is 4.98 Å². The predicted molar refractivity (Wildman–Crippen MR) is 68.2 cm³/mol. The number of hydrogen-bond donors (Lipinski definition) is 1. The highest BCUT2D eigenvalue weighted by Gasteiger charge is 2.18. The number of aromatic carboxylic acids is 1. The summed E-state index contributed by atoms with van der Waals surface area (Å²) in [7, 11) is 0. The lowest BCUT2D eigenvalue weighted by Gasteiger charge is -2.23. The molecule has 5 heteroatoms. The Morgan fingerprint density at radius 3 is 2.95 bits per heavy atom. The zero-order chi connectivity index (χ0) is 13.2. The zero-order valence-corrected chi connectivity index (χ0v) is 10.2. The van der Waals surface area contributed by atoms with E-state index in [1.165, 1.54) is 12.3 Å². The fourth-order valence-electron chi connectivity index (χ4n) is 2.23. The van der Waals surface area contributed by atoms with Crippen molar-refractivity contribution in [1.29, 1.82) is 0 Å². The molecule has 0 radical (unpaired) electrons. The molecule has 1 aliphatic heterocycles. The Morgan fingerprint density at radius 2 is 2.21 bits per heavy atom. The van der Waals surface area contributed by atoms with Crippen LogP contribution in [0, 0.1) is 0 Å². The predicted octanol–water partition coefficient (Wildman–Crippen LogP) is 2.02. The lowest BCUT2D eigenvalue weighted by atomic mass is 10.0. The van der Waals surface area contributed by atoms with Crippen LogP contribution >= 0.6 is 0 Å². The van der Waals surface area contributed by atoms with Crippen molar-refractivity contribution in [2.45, 2.75) is 6.10 Å². The van der Waals surface area contributed by atoms with E-state index in [2.05, 4.69) is 4.98 Å². The number of pyridine rings is 1. The highest BCUT2D eigenvalue weighted by atomic mass is 16.6. The second kappa shape index (κ2) is 4.95. The molecule has 1 aliphatic rings. The lowest BCUT2D eigenvalue weighted by molar-refractivity contribution is -0.0901. The second-order valence-electron chi connectivity index (χ2n) is 4.37. The standard InChI is InChI=1S/C14H13NO4/c16-14(17)10-3-4-15-12-2-1-9(7-11(10)12)13-8-18-5-6-19-13/h1-4,7,13H,5-6,8H2,(H,16,17)/t13-/m1/s1. The van der Waals surface area contributed by atoms with E-state index in [0.717, 1.165) is 5.56 Å². The summed E-state index contributed by atoms with van der Waals surface area (Å²) in [6, 6.07) is 7.05. The first-order valence-corrected chi connectivity index (χ1v) is 6.07. The molecule has 1 fully saturated rings. The minimum absolute atomic E-state index is 0.139. The first-order valence-electron chi connectivity index (χ1n) is 6.07. The van der Waals surface area contributed by atoms with Crippen LogP contribution in [-0.2, 0) is 9.47 Å². The minimum atomic E-state index is -0.953. The van der Waals surface area contributed by atoms with Gasteiger partial charge in [0.15, 0.2) is 0 Å². The van der Waals surface area contributed by atoms with Crippen molar-refractivity contribution in [2.24, 2.45) is 0 Å². The van der Waals surface area contributed by atoms with Crippen molar-refractivity contribution in [2.75, 3.05) is 19.8 Å². The first-order chi connectivity index (χ1) is 9.25. The van der Waals surface area contributed by atoms with Crippen molar-refractivity contribution < 1.29 is 19.4 Å². The largest absolute Gasteiger partial charge is 0.478 e. The Morgan fingerprint density at radius 1 is 1.32 bits per heavy atom. The van der Waals surface area contributed by atoms with Gasteiger partial charge in [0, 0.05) is 11.6 Å². The van der Waals surface area contributed by atoms with Crippen molar-refractivity contribution in [3.05, 3.63) is 41.6 Å². The van der Waals surface area contributed by atoms with Crippen molar-refractivity contribution in [3.8, 4) is 0 Å². The van der Waals surface area contributed by atoms with Gasteiger partial charge in [-0.1, -0.05) is 6.07 Å². The van der Waals surface area contributed by atoms with E-state index in [9.17, 15) is 9.90 Å². The zero-order valence-electron chi connectivity index (χ0n) is 10.2. The average Bonchev–Trinajstić information content (AvgIpc) is 2.47. The topological polar surface area (TPSA) is 68.7 Å². The van der Waals surface area contributed by atoms with Crippen LogP contribution in [-0.4, -0.2) is 35.9 Å². The molecule has 0 aliphatic carbocycles. The van der Waals surface area contributed by atoms with Crippen LogP contribution in [0.25, 0.3) is 10.9 Å². The van der Waals surface area contributed by atoms with Crippen molar-refractivity contribution >= 4 is 16.9 Å². The van der Waals surface area contributed by atoms with Crippen LogP contribution in [0.1, 0.15) is 22.0 Å².